The van der Waals surface area contributed by atoms with Crippen LogP contribution in [-0.4, -0.2) is 27.1 Å². The van der Waals surface area contributed by atoms with Crippen LogP contribution < -0.4 is 5.32 Å². The fraction of sp³-hybridized carbons (Fsp3) is 0.600. The van der Waals surface area contributed by atoms with E-state index in [0.717, 1.165) is 37.8 Å². The molecule has 0 atom stereocenters. The normalized spacial score (nSPS) is 17.7. The first-order valence-corrected chi connectivity index (χ1v) is 7.10. The molecule has 1 heterocycles. The van der Waals surface area contributed by atoms with Crippen molar-refractivity contribution in [2.75, 3.05) is 0 Å². The standard InChI is InChI=1S/C15H22N2O3/c1-11-12(6-9-17(11)2)14(20)16-15(10-13(18)19)7-4-3-5-8-15/h6,9H,3-5,7-8,10H2,1-2H3,(H,16,20)(H,18,19). The smallest absolute Gasteiger partial charge is 0.305 e. The van der Waals surface area contributed by atoms with E-state index in [0.29, 0.717) is 5.56 Å². The van der Waals surface area contributed by atoms with Crippen molar-refractivity contribution in [2.24, 2.45) is 7.05 Å². The number of nitrogens with zero attached hydrogens (tertiary/aromatic N) is 1. The largest absolute Gasteiger partial charge is 0.481 e. The number of carboxylic acids is 1. The number of aryl methyl sites for hydroxylation is 1. The SMILES string of the molecule is Cc1c(C(=O)NC2(CC(=O)O)CCCCC2)ccn1C. The molecule has 1 saturated carbocycles. The molecular formula is C15H22N2O3. The third-order valence-electron chi connectivity index (χ3n) is 4.31. The van der Waals surface area contributed by atoms with Crippen molar-refractivity contribution in [1.29, 1.82) is 0 Å². The van der Waals surface area contributed by atoms with Gasteiger partial charge in [0.05, 0.1) is 17.5 Å². The highest BCUT2D eigenvalue weighted by Gasteiger charge is 2.36. The van der Waals surface area contributed by atoms with Crippen LogP contribution in [0.15, 0.2) is 12.3 Å². The van der Waals surface area contributed by atoms with Crippen LogP contribution in [0, 0.1) is 6.92 Å². The lowest BCUT2D eigenvalue weighted by Gasteiger charge is -2.37. The molecule has 1 aliphatic rings. The first-order valence-electron chi connectivity index (χ1n) is 7.10. The van der Waals surface area contributed by atoms with Crippen LogP contribution in [-0.2, 0) is 11.8 Å². The molecule has 0 aliphatic heterocycles. The molecule has 5 heteroatoms. The Bertz CT molecular complexity index is 513. The van der Waals surface area contributed by atoms with Crippen LogP contribution in [0.2, 0.25) is 0 Å². The topological polar surface area (TPSA) is 71.3 Å². The summed E-state index contributed by atoms with van der Waals surface area (Å²) < 4.78 is 1.89. The van der Waals surface area contributed by atoms with Gasteiger partial charge in [0.25, 0.3) is 5.91 Å². The number of hydrogen-bond donors (Lipinski definition) is 2. The number of amides is 1. The van der Waals surface area contributed by atoms with Gasteiger partial charge < -0.3 is 15.0 Å². The molecule has 110 valence electrons. The predicted molar refractivity (Wildman–Crippen MR) is 75.7 cm³/mol. The Morgan fingerprint density at radius 2 is 2.00 bits per heavy atom. The van der Waals surface area contributed by atoms with Gasteiger partial charge in [-0.2, -0.15) is 0 Å². The molecule has 1 aliphatic carbocycles. The van der Waals surface area contributed by atoms with Gasteiger partial charge in [0.2, 0.25) is 0 Å². The van der Waals surface area contributed by atoms with Gasteiger partial charge in [0.15, 0.2) is 0 Å². The molecule has 2 rings (SSSR count). The number of aliphatic carboxylic acids is 1. The Morgan fingerprint density at radius 3 is 2.50 bits per heavy atom. The number of nitrogens with one attached hydrogen (secondary N) is 1. The number of rotatable bonds is 4. The molecule has 0 aromatic carbocycles. The second-order valence-corrected chi connectivity index (χ2v) is 5.79. The Hall–Kier alpha value is -1.78. The number of carbonyl (C=O) groups is 2. The summed E-state index contributed by atoms with van der Waals surface area (Å²) in [5.41, 5.74) is 0.940. The van der Waals surface area contributed by atoms with Gasteiger partial charge in [0, 0.05) is 18.9 Å². The van der Waals surface area contributed by atoms with Crippen LogP contribution in [0.3, 0.4) is 0 Å². The van der Waals surface area contributed by atoms with Crippen molar-refractivity contribution < 1.29 is 14.7 Å². The van der Waals surface area contributed by atoms with Gasteiger partial charge in [-0.1, -0.05) is 19.3 Å². The molecule has 5 nitrogen and oxygen atoms in total. The summed E-state index contributed by atoms with van der Waals surface area (Å²) in [4.78, 5) is 23.5. The van der Waals surface area contributed by atoms with Gasteiger partial charge >= 0.3 is 5.97 Å². The summed E-state index contributed by atoms with van der Waals surface area (Å²) in [7, 11) is 1.89. The average molecular weight is 278 g/mol. The minimum absolute atomic E-state index is 0.00458. The van der Waals surface area contributed by atoms with Gasteiger partial charge in [-0.25, -0.2) is 0 Å². The Balaban J connectivity index is 2.17. The van der Waals surface area contributed by atoms with E-state index in [1.54, 1.807) is 6.07 Å². The third-order valence-corrected chi connectivity index (χ3v) is 4.31. The average Bonchev–Trinajstić information content (AvgIpc) is 2.70. The molecule has 0 saturated heterocycles. The summed E-state index contributed by atoms with van der Waals surface area (Å²) in [6, 6.07) is 1.78. The summed E-state index contributed by atoms with van der Waals surface area (Å²) in [5, 5.41) is 12.1. The fourth-order valence-corrected chi connectivity index (χ4v) is 3.02. The first-order chi connectivity index (χ1) is 9.43. The maximum Gasteiger partial charge on any atom is 0.305 e. The lowest BCUT2D eigenvalue weighted by molar-refractivity contribution is -0.139. The quantitative estimate of drug-likeness (QED) is 0.887. The number of carboxylic acid groups (broad SMARTS) is 1. The lowest BCUT2D eigenvalue weighted by Crippen LogP contribution is -2.51. The Labute approximate surface area is 119 Å². The second-order valence-electron chi connectivity index (χ2n) is 5.79. The van der Waals surface area contributed by atoms with E-state index in [1.165, 1.54) is 0 Å². The maximum atomic E-state index is 12.4. The van der Waals surface area contributed by atoms with Gasteiger partial charge in [-0.15, -0.1) is 0 Å². The summed E-state index contributed by atoms with van der Waals surface area (Å²) in [6.07, 6.45) is 6.40. The van der Waals surface area contributed by atoms with E-state index in [4.69, 9.17) is 5.11 Å². The molecule has 0 spiro atoms. The Kier molecular flexibility index (Phi) is 4.16. The minimum Gasteiger partial charge on any atom is -0.481 e. The fourth-order valence-electron chi connectivity index (χ4n) is 3.02. The molecule has 1 amide bonds. The van der Waals surface area contributed by atoms with Crippen LogP contribution in [0.25, 0.3) is 0 Å². The van der Waals surface area contributed by atoms with Gasteiger partial charge in [0.1, 0.15) is 0 Å². The summed E-state index contributed by atoms with van der Waals surface area (Å²) >= 11 is 0. The van der Waals surface area contributed by atoms with Crippen molar-refractivity contribution in [2.45, 2.75) is 51.0 Å². The van der Waals surface area contributed by atoms with Crippen molar-refractivity contribution in [3.05, 3.63) is 23.5 Å². The van der Waals surface area contributed by atoms with E-state index in [9.17, 15) is 9.59 Å². The van der Waals surface area contributed by atoms with Crippen LogP contribution >= 0.6 is 0 Å². The van der Waals surface area contributed by atoms with Crippen LogP contribution in [0.4, 0.5) is 0 Å². The number of aromatic nitrogens is 1. The summed E-state index contributed by atoms with van der Waals surface area (Å²) in [6.45, 7) is 1.89. The highest BCUT2D eigenvalue weighted by Crippen LogP contribution is 2.31. The van der Waals surface area contributed by atoms with Gasteiger partial charge in [-0.05, 0) is 25.8 Å². The molecular weight excluding hydrogens is 256 g/mol. The molecule has 1 fully saturated rings. The molecule has 0 radical (unpaired) electrons. The molecule has 0 bridgehead atoms. The van der Waals surface area contributed by atoms with E-state index in [1.807, 2.05) is 24.7 Å². The minimum atomic E-state index is -0.850. The van der Waals surface area contributed by atoms with E-state index in [-0.39, 0.29) is 12.3 Å². The Morgan fingerprint density at radius 1 is 1.35 bits per heavy atom. The number of hydrogen-bond acceptors (Lipinski definition) is 2. The second kappa shape index (κ2) is 5.69. The van der Waals surface area contributed by atoms with E-state index >= 15 is 0 Å². The highest BCUT2D eigenvalue weighted by atomic mass is 16.4. The maximum absolute atomic E-state index is 12.4. The monoisotopic (exact) mass is 278 g/mol. The summed E-state index contributed by atoms with van der Waals surface area (Å²) in [5.74, 6) is -1.01. The molecule has 0 unspecified atom stereocenters. The zero-order valence-electron chi connectivity index (χ0n) is 12.1. The van der Waals surface area contributed by atoms with Crippen LogP contribution in [0.1, 0.15) is 54.6 Å². The molecule has 1 aromatic heterocycles. The van der Waals surface area contributed by atoms with Gasteiger partial charge in [-0.3, -0.25) is 9.59 Å². The third kappa shape index (κ3) is 3.03. The molecule has 2 N–H and O–H groups in total. The van der Waals surface area contributed by atoms with Crippen LogP contribution in [0.5, 0.6) is 0 Å². The number of carbonyl (C=O) groups excluding carboxylic acids is 1. The zero-order valence-corrected chi connectivity index (χ0v) is 12.1. The van der Waals surface area contributed by atoms with E-state index < -0.39 is 11.5 Å². The lowest BCUT2D eigenvalue weighted by atomic mass is 9.79. The first kappa shape index (κ1) is 14.6. The highest BCUT2D eigenvalue weighted by molar-refractivity contribution is 5.96. The van der Waals surface area contributed by atoms with Crippen molar-refractivity contribution >= 4 is 11.9 Å². The molecule has 1 aromatic rings. The predicted octanol–water partition coefficient (Wildman–Crippen LogP) is 2.24. The van der Waals surface area contributed by atoms with E-state index in [2.05, 4.69) is 5.32 Å². The zero-order chi connectivity index (χ0) is 14.8. The molecule has 20 heavy (non-hydrogen) atoms. The van der Waals surface area contributed by atoms with Crippen molar-refractivity contribution in [1.82, 2.24) is 9.88 Å². The van der Waals surface area contributed by atoms with Crippen molar-refractivity contribution in [3.8, 4) is 0 Å². The van der Waals surface area contributed by atoms with Crippen molar-refractivity contribution in [3.63, 3.8) is 0 Å².